The smallest absolute Gasteiger partial charge is 0.0267 e. The molecule has 0 rings (SSSR count). The second kappa shape index (κ2) is 6.81. The zero-order valence-electron chi connectivity index (χ0n) is 13.6. The predicted molar refractivity (Wildman–Crippen MR) is 80.1 cm³/mol. The highest BCUT2D eigenvalue weighted by atomic mass is 14.4. The third-order valence-corrected chi connectivity index (χ3v) is 4.51. The molecule has 0 aliphatic rings. The minimum atomic E-state index is 0.447. The molecular formula is C17H35. The van der Waals surface area contributed by atoms with E-state index in [4.69, 9.17) is 0 Å². The van der Waals surface area contributed by atoms with Crippen molar-refractivity contribution in [3.05, 3.63) is 5.92 Å². The Bertz CT molecular complexity index is 191. The Hall–Kier alpha value is 0. The summed E-state index contributed by atoms with van der Waals surface area (Å²) in [6.07, 6.45) is 6.61. The Morgan fingerprint density at radius 3 is 1.76 bits per heavy atom. The third-order valence-electron chi connectivity index (χ3n) is 4.51. The van der Waals surface area contributed by atoms with Crippen molar-refractivity contribution in [2.75, 3.05) is 0 Å². The molecule has 0 saturated carbocycles. The second-order valence-corrected chi connectivity index (χ2v) is 7.42. The Morgan fingerprint density at radius 1 is 1.00 bits per heavy atom. The molecule has 0 amide bonds. The Kier molecular flexibility index (Phi) is 6.81. The van der Waals surface area contributed by atoms with Crippen LogP contribution in [0.5, 0.6) is 0 Å². The van der Waals surface area contributed by atoms with Crippen molar-refractivity contribution >= 4 is 0 Å². The molecule has 0 aliphatic heterocycles. The van der Waals surface area contributed by atoms with E-state index in [-0.39, 0.29) is 0 Å². The van der Waals surface area contributed by atoms with Crippen LogP contribution in [0.4, 0.5) is 0 Å². The largest absolute Gasteiger partial charge is 0.0648 e. The fraction of sp³-hybridized carbons (Fsp3) is 0.941. The monoisotopic (exact) mass is 239 g/mol. The standard InChI is InChI=1S/C17H35/c1-9-17(10-2,14(3)4)12-11-15(5)13-16(6,7)8/h14H,9-13H2,1-8H3. The van der Waals surface area contributed by atoms with Crippen LogP contribution in [0, 0.1) is 22.7 Å². The maximum Gasteiger partial charge on any atom is -0.0267 e. The van der Waals surface area contributed by atoms with Crippen LogP contribution in [-0.2, 0) is 0 Å². The summed E-state index contributed by atoms with van der Waals surface area (Å²) in [7, 11) is 0. The molecule has 17 heavy (non-hydrogen) atoms. The molecule has 0 aromatic carbocycles. The van der Waals surface area contributed by atoms with Gasteiger partial charge in [0.1, 0.15) is 0 Å². The summed E-state index contributed by atoms with van der Waals surface area (Å²) in [6, 6.07) is 0. The van der Waals surface area contributed by atoms with Gasteiger partial charge in [0, 0.05) is 0 Å². The molecule has 0 aliphatic carbocycles. The van der Waals surface area contributed by atoms with Crippen LogP contribution in [0.25, 0.3) is 0 Å². The van der Waals surface area contributed by atoms with Crippen LogP contribution in [0.1, 0.15) is 87.5 Å². The highest BCUT2D eigenvalue weighted by molar-refractivity contribution is 4.92. The topological polar surface area (TPSA) is 0 Å². The summed E-state index contributed by atoms with van der Waals surface area (Å²) >= 11 is 0. The van der Waals surface area contributed by atoms with Gasteiger partial charge in [-0.05, 0) is 41.9 Å². The van der Waals surface area contributed by atoms with Gasteiger partial charge in [0.05, 0.1) is 0 Å². The lowest BCUT2D eigenvalue weighted by Crippen LogP contribution is -2.26. The maximum atomic E-state index is 2.39. The van der Waals surface area contributed by atoms with Crippen LogP contribution in [0.15, 0.2) is 0 Å². The van der Waals surface area contributed by atoms with Crippen molar-refractivity contribution in [1.82, 2.24) is 0 Å². The average molecular weight is 239 g/mol. The zero-order valence-corrected chi connectivity index (χ0v) is 13.6. The molecule has 0 atom stereocenters. The second-order valence-electron chi connectivity index (χ2n) is 7.42. The molecule has 0 heteroatoms. The molecule has 0 unspecified atom stereocenters. The van der Waals surface area contributed by atoms with Crippen molar-refractivity contribution in [3.8, 4) is 0 Å². The van der Waals surface area contributed by atoms with E-state index >= 15 is 0 Å². The van der Waals surface area contributed by atoms with Gasteiger partial charge in [-0.2, -0.15) is 0 Å². The van der Waals surface area contributed by atoms with Crippen molar-refractivity contribution in [1.29, 1.82) is 0 Å². The van der Waals surface area contributed by atoms with E-state index in [1.165, 1.54) is 32.1 Å². The van der Waals surface area contributed by atoms with Crippen molar-refractivity contribution in [3.63, 3.8) is 0 Å². The molecule has 0 fully saturated rings. The molecule has 0 aromatic heterocycles. The normalized spacial score (nSPS) is 13.8. The lowest BCUT2D eigenvalue weighted by atomic mass is 9.68. The van der Waals surface area contributed by atoms with Crippen LogP contribution in [0.3, 0.4) is 0 Å². The molecule has 0 bridgehead atoms. The number of rotatable bonds is 7. The summed E-state index contributed by atoms with van der Waals surface area (Å²) < 4.78 is 0. The van der Waals surface area contributed by atoms with Crippen molar-refractivity contribution in [2.45, 2.75) is 87.5 Å². The lowest BCUT2D eigenvalue weighted by Gasteiger charge is -2.37. The molecule has 0 spiro atoms. The molecule has 1 radical (unpaired) electrons. The molecule has 0 N–H and O–H groups in total. The van der Waals surface area contributed by atoms with Gasteiger partial charge in [0.15, 0.2) is 0 Å². The molecule has 0 nitrogen and oxygen atoms in total. The van der Waals surface area contributed by atoms with Gasteiger partial charge < -0.3 is 0 Å². The minimum absolute atomic E-state index is 0.447. The van der Waals surface area contributed by atoms with Gasteiger partial charge in [0.25, 0.3) is 0 Å². The van der Waals surface area contributed by atoms with Crippen molar-refractivity contribution < 1.29 is 0 Å². The highest BCUT2D eigenvalue weighted by Crippen LogP contribution is 2.42. The molecule has 103 valence electrons. The first-order valence-corrected chi connectivity index (χ1v) is 7.48. The number of hydrogen-bond donors (Lipinski definition) is 0. The third kappa shape index (κ3) is 5.93. The fourth-order valence-corrected chi connectivity index (χ4v) is 3.16. The first-order valence-electron chi connectivity index (χ1n) is 7.48. The summed E-state index contributed by atoms with van der Waals surface area (Å²) in [5.74, 6) is 2.49. The van der Waals surface area contributed by atoms with Crippen LogP contribution < -0.4 is 0 Å². The predicted octanol–water partition coefficient (Wildman–Crippen LogP) is 6.26. The quantitative estimate of drug-likeness (QED) is 0.492. The summed E-state index contributed by atoms with van der Waals surface area (Å²) in [5, 5.41) is 0. The van der Waals surface area contributed by atoms with Crippen molar-refractivity contribution in [2.24, 2.45) is 16.7 Å². The van der Waals surface area contributed by atoms with Crippen LogP contribution in [-0.4, -0.2) is 0 Å². The fourth-order valence-electron chi connectivity index (χ4n) is 3.16. The van der Waals surface area contributed by atoms with Gasteiger partial charge in [0.2, 0.25) is 0 Å². The Balaban J connectivity index is 4.32. The lowest BCUT2D eigenvalue weighted by molar-refractivity contribution is 0.149. The molecule has 0 aromatic rings. The van der Waals surface area contributed by atoms with Gasteiger partial charge in [-0.15, -0.1) is 0 Å². The molecule has 0 saturated heterocycles. The minimum Gasteiger partial charge on any atom is -0.0648 e. The maximum absolute atomic E-state index is 2.39. The van der Waals surface area contributed by atoms with Gasteiger partial charge in [-0.3, -0.25) is 0 Å². The zero-order chi connectivity index (χ0) is 13.7. The first-order chi connectivity index (χ1) is 7.67. The SMILES string of the molecule is CCC(CC)(CC[C](C)CC(C)(C)C)C(C)C. The molecular weight excluding hydrogens is 204 g/mol. The van der Waals surface area contributed by atoms with E-state index in [1.54, 1.807) is 5.92 Å². The van der Waals surface area contributed by atoms with Gasteiger partial charge >= 0.3 is 0 Å². The number of hydrogen-bond acceptors (Lipinski definition) is 0. The van der Waals surface area contributed by atoms with E-state index in [0.29, 0.717) is 10.8 Å². The Labute approximate surface area is 111 Å². The summed E-state index contributed by atoms with van der Waals surface area (Å²) in [6.45, 7) is 18.9. The van der Waals surface area contributed by atoms with E-state index in [2.05, 4.69) is 55.4 Å². The highest BCUT2D eigenvalue weighted by Gasteiger charge is 2.30. The van der Waals surface area contributed by atoms with Gasteiger partial charge in [-0.1, -0.05) is 68.2 Å². The molecule has 0 heterocycles. The van der Waals surface area contributed by atoms with E-state index in [9.17, 15) is 0 Å². The van der Waals surface area contributed by atoms with Crippen LogP contribution >= 0.6 is 0 Å². The average Bonchev–Trinajstić information content (AvgIpc) is 2.17. The summed E-state index contributed by atoms with van der Waals surface area (Å²) in [5.41, 5.74) is 1.02. The van der Waals surface area contributed by atoms with Crippen LogP contribution in [0.2, 0.25) is 0 Å². The first kappa shape index (κ1) is 17.0. The summed E-state index contributed by atoms with van der Waals surface area (Å²) in [4.78, 5) is 0. The van der Waals surface area contributed by atoms with E-state index in [0.717, 1.165) is 5.92 Å². The Morgan fingerprint density at radius 2 is 1.47 bits per heavy atom. The van der Waals surface area contributed by atoms with E-state index < -0.39 is 0 Å². The van der Waals surface area contributed by atoms with E-state index in [1.807, 2.05) is 0 Å². The van der Waals surface area contributed by atoms with Gasteiger partial charge in [-0.25, -0.2) is 0 Å².